The first-order valence-electron chi connectivity index (χ1n) is 4.42. The Labute approximate surface area is 91.9 Å². The van der Waals surface area contributed by atoms with Crippen molar-refractivity contribution in [1.29, 1.82) is 0 Å². The highest BCUT2D eigenvalue weighted by Gasteiger charge is 2.36. The molecule has 1 aromatic carbocycles. The molecule has 0 aliphatic carbocycles. The number of carbonyl (C=O) groups is 2. The summed E-state index contributed by atoms with van der Waals surface area (Å²) >= 11 is 5.87. The molecule has 4 heteroatoms. The Morgan fingerprint density at radius 1 is 1.33 bits per heavy atom. The molecule has 1 heterocycles. The minimum Gasteiger partial charge on any atom is -0.270 e. The van der Waals surface area contributed by atoms with E-state index in [0.717, 1.165) is 4.90 Å². The fourth-order valence-corrected chi connectivity index (χ4v) is 1.84. The highest BCUT2D eigenvalue weighted by Crippen LogP contribution is 2.28. The minimum atomic E-state index is -0.347. The van der Waals surface area contributed by atoms with Crippen LogP contribution in [-0.2, 0) is 0 Å². The Morgan fingerprint density at radius 2 is 2.07 bits per heavy atom. The Morgan fingerprint density at radius 3 is 2.67 bits per heavy atom. The number of hydrogen-bond acceptors (Lipinski definition) is 2. The molecule has 1 aliphatic rings. The number of carbonyl (C=O) groups excluding carboxylic acids is 2. The Kier molecular flexibility index (Phi) is 2.32. The molecule has 0 N–H and O–H groups in total. The number of fused-ring (bicyclic) bond motifs is 1. The normalized spacial score (nSPS) is 14.3. The maximum Gasteiger partial charge on any atom is 0.263 e. The zero-order chi connectivity index (χ0) is 11.0. The molecule has 0 atom stereocenters. The predicted molar refractivity (Wildman–Crippen MR) is 57.0 cm³/mol. The smallest absolute Gasteiger partial charge is 0.263 e. The number of halogens is 1. The Hall–Kier alpha value is -1.61. The minimum absolute atomic E-state index is 0.211. The van der Waals surface area contributed by atoms with Crippen LogP contribution in [-0.4, -0.2) is 23.3 Å². The topological polar surface area (TPSA) is 37.4 Å². The Balaban J connectivity index is 2.55. The number of imide groups is 1. The van der Waals surface area contributed by atoms with Gasteiger partial charge >= 0.3 is 0 Å². The fraction of sp³-hybridized carbons (Fsp3) is 0.0909. The van der Waals surface area contributed by atoms with E-state index in [1.165, 1.54) is 6.08 Å². The number of amides is 2. The lowest BCUT2D eigenvalue weighted by atomic mass is 10.1. The summed E-state index contributed by atoms with van der Waals surface area (Å²) in [6.45, 7) is 3.71. The number of nitrogens with zero attached hydrogens (tertiary/aromatic N) is 1. The van der Waals surface area contributed by atoms with Crippen molar-refractivity contribution in [2.75, 3.05) is 6.54 Å². The van der Waals surface area contributed by atoms with Crippen molar-refractivity contribution in [1.82, 2.24) is 4.90 Å². The van der Waals surface area contributed by atoms with Crippen LogP contribution in [0.2, 0.25) is 5.02 Å². The van der Waals surface area contributed by atoms with Crippen molar-refractivity contribution in [2.45, 2.75) is 0 Å². The molecular formula is C11H8ClNO2. The monoisotopic (exact) mass is 221 g/mol. The van der Waals surface area contributed by atoms with E-state index < -0.39 is 0 Å². The summed E-state index contributed by atoms with van der Waals surface area (Å²) in [4.78, 5) is 24.7. The third-order valence-electron chi connectivity index (χ3n) is 2.26. The highest BCUT2D eigenvalue weighted by atomic mass is 35.5. The van der Waals surface area contributed by atoms with E-state index in [4.69, 9.17) is 11.6 Å². The molecule has 1 aromatic rings. The molecule has 15 heavy (non-hydrogen) atoms. The van der Waals surface area contributed by atoms with E-state index in [-0.39, 0.29) is 18.4 Å². The van der Waals surface area contributed by atoms with Crippen molar-refractivity contribution in [3.8, 4) is 0 Å². The molecule has 0 bridgehead atoms. The van der Waals surface area contributed by atoms with E-state index in [1.807, 2.05) is 0 Å². The molecule has 0 saturated carbocycles. The summed E-state index contributed by atoms with van der Waals surface area (Å²) in [5.74, 6) is -0.655. The van der Waals surface area contributed by atoms with Crippen molar-refractivity contribution in [3.63, 3.8) is 0 Å². The van der Waals surface area contributed by atoms with E-state index in [2.05, 4.69) is 6.58 Å². The molecule has 2 rings (SSSR count). The lowest BCUT2D eigenvalue weighted by Crippen LogP contribution is -2.29. The molecule has 0 unspecified atom stereocenters. The van der Waals surface area contributed by atoms with Crippen LogP contribution in [0.15, 0.2) is 30.9 Å². The second-order valence-corrected chi connectivity index (χ2v) is 3.58. The summed E-state index contributed by atoms with van der Waals surface area (Å²) in [5, 5.41) is 0.317. The Bertz CT molecular complexity index is 468. The van der Waals surface area contributed by atoms with E-state index in [1.54, 1.807) is 18.2 Å². The van der Waals surface area contributed by atoms with Crippen molar-refractivity contribution in [3.05, 3.63) is 47.0 Å². The number of benzene rings is 1. The van der Waals surface area contributed by atoms with Gasteiger partial charge in [0, 0.05) is 6.54 Å². The van der Waals surface area contributed by atoms with E-state index in [0.29, 0.717) is 16.1 Å². The summed E-state index contributed by atoms with van der Waals surface area (Å²) in [5.41, 5.74) is 0.667. The van der Waals surface area contributed by atoms with Crippen molar-refractivity contribution >= 4 is 23.4 Å². The van der Waals surface area contributed by atoms with Gasteiger partial charge in [0.15, 0.2) is 0 Å². The largest absolute Gasteiger partial charge is 0.270 e. The highest BCUT2D eigenvalue weighted by molar-refractivity contribution is 6.37. The van der Waals surface area contributed by atoms with Gasteiger partial charge in [0.05, 0.1) is 16.1 Å². The predicted octanol–water partition coefficient (Wildman–Crippen LogP) is 2.12. The molecule has 3 nitrogen and oxygen atoms in total. The van der Waals surface area contributed by atoms with Crippen LogP contribution in [0.5, 0.6) is 0 Å². The summed E-state index contributed by atoms with van der Waals surface area (Å²) < 4.78 is 0. The van der Waals surface area contributed by atoms with E-state index >= 15 is 0 Å². The lowest BCUT2D eigenvalue weighted by Gasteiger charge is -2.09. The van der Waals surface area contributed by atoms with Gasteiger partial charge in [-0.2, -0.15) is 0 Å². The molecule has 0 radical (unpaired) electrons. The van der Waals surface area contributed by atoms with Crippen LogP contribution in [0, 0.1) is 0 Å². The average molecular weight is 222 g/mol. The van der Waals surface area contributed by atoms with Crippen LogP contribution in [0.25, 0.3) is 0 Å². The fourth-order valence-electron chi connectivity index (χ4n) is 1.59. The number of rotatable bonds is 2. The summed E-state index contributed by atoms with van der Waals surface area (Å²) in [7, 11) is 0. The average Bonchev–Trinajstić information content (AvgIpc) is 2.45. The SMILES string of the molecule is C=CCN1C(=O)c2cccc(Cl)c2C1=O. The quantitative estimate of drug-likeness (QED) is 0.567. The van der Waals surface area contributed by atoms with Gasteiger partial charge in [-0.05, 0) is 12.1 Å². The molecule has 0 saturated heterocycles. The third kappa shape index (κ3) is 1.36. The lowest BCUT2D eigenvalue weighted by molar-refractivity contribution is 0.0672. The van der Waals surface area contributed by atoms with Gasteiger partial charge < -0.3 is 0 Å². The first kappa shape index (κ1) is 9.93. The van der Waals surface area contributed by atoms with Gasteiger partial charge in [0.2, 0.25) is 0 Å². The maximum absolute atomic E-state index is 11.8. The molecular weight excluding hydrogens is 214 g/mol. The molecule has 1 aliphatic heterocycles. The van der Waals surface area contributed by atoms with Crippen LogP contribution in [0.3, 0.4) is 0 Å². The van der Waals surface area contributed by atoms with Gasteiger partial charge in [0.25, 0.3) is 11.8 Å². The zero-order valence-corrected chi connectivity index (χ0v) is 8.62. The first-order valence-corrected chi connectivity index (χ1v) is 4.80. The second kappa shape index (κ2) is 3.51. The molecule has 0 aromatic heterocycles. The summed E-state index contributed by atoms with van der Waals surface area (Å²) in [6.07, 6.45) is 1.51. The molecule has 76 valence electrons. The van der Waals surface area contributed by atoms with Crippen molar-refractivity contribution in [2.24, 2.45) is 0 Å². The van der Waals surface area contributed by atoms with Crippen LogP contribution in [0.4, 0.5) is 0 Å². The van der Waals surface area contributed by atoms with Gasteiger partial charge in [-0.3, -0.25) is 14.5 Å². The van der Waals surface area contributed by atoms with Crippen LogP contribution >= 0.6 is 11.6 Å². The summed E-state index contributed by atoms with van der Waals surface area (Å²) in [6, 6.07) is 4.86. The molecule has 0 spiro atoms. The second-order valence-electron chi connectivity index (χ2n) is 3.17. The standard InChI is InChI=1S/C11H8ClNO2/c1-2-6-13-10(14)7-4-3-5-8(12)9(7)11(13)15/h2-5H,1,6H2. The zero-order valence-electron chi connectivity index (χ0n) is 7.87. The third-order valence-corrected chi connectivity index (χ3v) is 2.57. The maximum atomic E-state index is 11.8. The van der Waals surface area contributed by atoms with Gasteiger partial charge in [-0.25, -0.2) is 0 Å². The van der Waals surface area contributed by atoms with Gasteiger partial charge in [0.1, 0.15) is 0 Å². The van der Waals surface area contributed by atoms with Crippen molar-refractivity contribution < 1.29 is 9.59 Å². The number of hydrogen-bond donors (Lipinski definition) is 0. The van der Waals surface area contributed by atoms with Crippen LogP contribution in [0.1, 0.15) is 20.7 Å². The van der Waals surface area contributed by atoms with Gasteiger partial charge in [-0.15, -0.1) is 6.58 Å². The van der Waals surface area contributed by atoms with E-state index in [9.17, 15) is 9.59 Å². The van der Waals surface area contributed by atoms with Crippen LogP contribution < -0.4 is 0 Å². The molecule has 2 amide bonds. The van der Waals surface area contributed by atoms with Gasteiger partial charge in [-0.1, -0.05) is 23.7 Å². The first-order chi connectivity index (χ1) is 7.16. The molecule has 0 fully saturated rings.